The summed E-state index contributed by atoms with van der Waals surface area (Å²) in [5.74, 6) is 0. The highest BCUT2D eigenvalue weighted by molar-refractivity contribution is 6.30. The van der Waals surface area contributed by atoms with Gasteiger partial charge in [0.2, 0.25) is 0 Å². The number of aryl methyl sites for hydroxylation is 1. The van der Waals surface area contributed by atoms with E-state index in [0.29, 0.717) is 0 Å². The summed E-state index contributed by atoms with van der Waals surface area (Å²) in [4.78, 5) is 0. The van der Waals surface area contributed by atoms with Crippen LogP contribution >= 0.6 is 11.6 Å². The number of hydrogen-bond donors (Lipinski definition) is 1. The van der Waals surface area contributed by atoms with Crippen molar-refractivity contribution in [3.05, 3.63) is 47.0 Å². The van der Waals surface area contributed by atoms with Gasteiger partial charge in [-0.15, -0.1) is 6.58 Å². The average Bonchev–Trinajstić information content (AvgIpc) is 2.14. The number of rotatable bonds is 4. The van der Waals surface area contributed by atoms with Gasteiger partial charge in [0.05, 0.1) is 0 Å². The summed E-state index contributed by atoms with van der Waals surface area (Å²) in [6.07, 6.45) is 3.78. The number of benzene rings is 1. The van der Waals surface area contributed by atoms with Gasteiger partial charge in [-0.25, -0.2) is 0 Å². The molecular weight excluding hydrogens is 194 g/mol. The van der Waals surface area contributed by atoms with E-state index in [0.717, 1.165) is 23.4 Å². The molecule has 0 fully saturated rings. The third-order valence-corrected chi connectivity index (χ3v) is 2.55. The van der Waals surface area contributed by atoms with Crippen LogP contribution in [0.2, 0.25) is 5.02 Å². The fraction of sp³-hybridized carbons (Fsp3) is 0.333. The molecule has 0 saturated carbocycles. The van der Waals surface area contributed by atoms with Crippen LogP contribution in [0.15, 0.2) is 30.9 Å². The molecule has 76 valence electrons. The average molecular weight is 210 g/mol. The normalized spacial score (nSPS) is 12.5. The molecule has 0 saturated heterocycles. The highest BCUT2D eigenvalue weighted by Gasteiger charge is 2.07. The predicted molar refractivity (Wildman–Crippen MR) is 62.5 cm³/mol. The van der Waals surface area contributed by atoms with E-state index in [4.69, 9.17) is 17.3 Å². The van der Waals surface area contributed by atoms with Gasteiger partial charge in [-0.1, -0.05) is 23.7 Å². The Hall–Kier alpha value is -0.790. The van der Waals surface area contributed by atoms with Gasteiger partial charge in [0.1, 0.15) is 0 Å². The van der Waals surface area contributed by atoms with Gasteiger partial charge in [-0.05, 0) is 43.0 Å². The van der Waals surface area contributed by atoms with Gasteiger partial charge in [-0.3, -0.25) is 0 Å². The third-order valence-electron chi connectivity index (χ3n) is 2.31. The minimum absolute atomic E-state index is 0.0882. The lowest BCUT2D eigenvalue weighted by Gasteiger charge is -2.13. The Morgan fingerprint density at radius 1 is 1.57 bits per heavy atom. The lowest BCUT2D eigenvalue weighted by molar-refractivity contribution is 0.658. The molecule has 0 unspecified atom stereocenters. The van der Waals surface area contributed by atoms with E-state index in [-0.39, 0.29) is 6.04 Å². The number of allylic oxidation sites excluding steroid dienone is 1. The predicted octanol–water partition coefficient (Wildman–Crippen LogP) is 3.61. The molecule has 1 aromatic rings. The third kappa shape index (κ3) is 2.86. The first kappa shape index (κ1) is 11.3. The molecule has 0 aliphatic rings. The fourth-order valence-electron chi connectivity index (χ4n) is 1.51. The molecule has 0 aliphatic heterocycles. The maximum absolute atomic E-state index is 6.04. The quantitative estimate of drug-likeness (QED) is 0.754. The van der Waals surface area contributed by atoms with Crippen LogP contribution in [0.1, 0.15) is 30.0 Å². The smallest absolute Gasteiger partial charge is 0.0408 e. The summed E-state index contributed by atoms with van der Waals surface area (Å²) in [5.41, 5.74) is 8.38. The van der Waals surface area contributed by atoms with Crippen LogP contribution < -0.4 is 5.73 Å². The fourth-order valence-corrected chi connectivity index (χ4v) is 1.73. The topological polar surface area (TPSA) is 26.0 Å². The summed E-state index contributed by atoms with van der Waals surface area (Å²) in [6.45, 7) is 5.72. The van der Waals surface area contributed by atoms with Gasteiger partial charge in [0.15, 0.2) is 0 Å². The lowest BCUT2D eigenvalue weighted by Crippen LogP contribution is -2.11. The first-order valence-electron chi connectivity index (χ1n) is 4.77. The molecule has 0 spiro atoms. The number of nitrogens with two attached hydrogens (primary N) is 1. The van der Waals surface area contributed by atoms with Crippen molar-refractivity contribution in [2.45, 2.75) is 25.8 Å². The summed E-state index contributed by atoms with van der Waals surface area (Å²) < 4.78 is 0. The van der Waals surface area contributed by atoms with Gasteiger partial charge in [0, 0.05) is 11.1 Å². The molecular formula is C12H16ClN. The van der Waals surface area contributed by atoms with Crippen molar-refractivity contribution in [1.29, 1.82) is 0 Å². The SMILES string of the molecule is C=CCC[C@H](N)c1ccc(Cl)cc1C. The van der Waals surface area contributed by atoms with E-state index in [9.17, 15) is 0 Å². The highest BCUT2D eigenvalue weighted by atomic mass is 35.5. The zero-order valence-electron chi connectivity index (χ0n) is 8.46. The standard InChI is InChI=1S/C12H16ClN/c1-3-4-5-12(14)11-7-6-10(13)8-9(11)2/h3,6-8,12H,1,4-5,14H2,2H3/t12-/m0/s1. The summed E-state index contributed by atoms with van der Waals surface area (Å²) >= 11 is 5.87. The minimum atomic E-state index is 0.0882. The second-order valence-electron chi connectivity index (χ2n) is 3.47. The van der Waals surface area contributed by atoms with Crippen LogP contribution in [0.5, 0.6) is 0 Å². The van der Waals surface area contributed by atoms with Gasteiger partial charge in [0.25, 0.3) is 0 Å². The molecule has 2 N–H and O–H groups in total. The second-order valence-corrected chi connectivity index (χ2v) is 3.91. The zero-order chi connectivity index (χ0) is 10.6. The van der Waals surface area contributed by atoms with Gasteiger partial charge >= 0.3 is 0 Å². The summed E-state index contributed by atoms with van der Waals surface area (Å²) in [5, 5.41) is 0.766. The number of hydrogen-bond acceptors (Lipinski definition) is 1. The van der Waals surface area contributed by atoms with Crippen LogP contribution in [0.3, 0.4) is 0 Å². The zero-order valence-corrected chi connectivity index (χ0v) is 9.22. The maximum Gasteiger partial charge on any atom is 0.0408 e. The van der Waals surface area contributed by atoms with E-state index in [1.54, 1.807) is 0 Å². The van der Waals surface area contributed by atoms with Crippen molar-refractivity contribution in [3.63, 3.8) is 0 Å². The molecule has 1 rings (SSSR count). The molecule has 0 radical (unpaired) electrons. The van der Waals surface area contributed by atoms with Crippen molar-refractivity contribution >= 4 is 11.6 Å². The van der Waals surface area contributed by atoms with Crippen molar-refractivity contribution in [1.82, 2.24) is 0 Å². The Labute approximate surface area is 90.6 Å². The Morgan fingerprint density at radius 2 is 2.29 bits per heavy atom. The summed E-state index contributed by atoms with van der Waals surface area (Å²) in [6, 6.07) is 5.93. The van der Waals surface area contributed by atoms with Gasteiger partial charge < -0.3 is 5.73 Å². The Balaban J connectivity index is 2.78. The molecule has 0 amide bonds. The molecule has 0 aliphatic carbocycles. The molecule has 0 heterocycles. The van der Waals surface area contributed by atoms with Crippen LogP contribution in [-0.4, -0.2) is 0 Å². The van der Waals surface area contributed by atoms with Crippen LogP contribution in [0, 0.1) is 6.92 Å². The highest BCUT2D eigenvalue weighted by Crippen LogP contribution is 2.22. The molecule has 2 heteroatoms. The lowest BCUT2D eigenvalue weighted by atomic mass is 9.98. The van der Waals surface area contributed by atoms with E-state index < -0.39 is 0 Å². The first-order valence-corrected chi connectivity index (χ1v) is 5.15. The van der Waals surface area contributed by atoms with Crippen molar-refractivity contribution < 1.29 is 0 Å². The van der Waals surface area contributed by atoms with Crippen LogP contribution in [0.4, 0.5) is 0 Å². The van der Waals surface area contributed by atoms with Crippen molar-refractivity contribution in [2.24, 2.45) is 5.73 Å². The monoisotopic (exact) mass is 209 g/mol. The minimum Gasteiger partial charge on any atom is -0.324 e. The second kappa shape index (κ2) is 5.18. The molecule has 1 atom stereocenters. The molecule has 1 aromatic carbocycles. The summed E-state index contributed by atoms with van der Waals surface area (Å²) in [7, 11) is 0. The largest absolute Gasteiger partial charge is 0.324 e. The van der Waals surface area contributed by atoms with Crippen LogP contribution in [-0.2, 0) is 0 Å². The molecule has 0 bridgehead atoms. The van der Waals surface area contributed by atoms with E-state index in [1.165, 1.54) is 5.56 Å². The first-order chi connectivity index (χ1) is 6.65. The van der Waals surface area contributed by atoms with E-state index in [2.05, 4.69) is 6.58 Å². The van der Waals surface area contributed by atoms with Crippen molar-refractivity contribution in [3.8, 4) is 0 Å². The van der Waals surface area contributed by atoms with Gasteiger partial charge in [-0.2, -0.15) is 0 Å². The Kier molecular flexibility index (Phi) is 4.18. The Bertz CT molecular complexity index is 320. The van der Waals surface area contributed by atoms with Crippen molar-refractivity contribution in [2.75, 3.05) is 0 Å². The Morgan fingerprint density at radius 3 is 2.86 bits per heavy atom. The molecule has 0 aromatic heterocycles. The molecule has 1 nitrogen and oxygen atoms in total. The van der Waals surface area contributed by atoms with E-state index in [1.807, 2.05) is 31.2 Å². The molecule has 14 heavy (non-hydrogen) atoms. The maximum atomic E-state index is 6.04. The van der Waals surface area contributed by atoms with Crippen LogP contribution in [0.25, 0.3) is 0 Å². The van der Waals surface area contributed by atoms with E-state index >= 15 is 0 Å². The number of halogens is 1.